The van der Waals surface area contributed by atoms with Gasteiger partial charge in [-0.05, 0) is 68.2 Å². The monoisotopic (exact) mass is 434 g/mol. The van der Waals surface area contributed by atoms with Crippen molar-refractivity contribution in [3.63, 3.8) is 0 Å². The summed E-state index contributed by atoms with van der Waals surface area (Å²) in [6, 6.07) is 15.1. The fourth-order valence-corrected chi connectivity index (χ4v) is 4.01. The van der Waals surface area contributed by atoms with E-state index in [0.29, 0.717) is 40.0 Å². The summed E-state index contributed by atoms with van der Waals surface area (Å²) in [6.07, 6.45) is 5.11. The number of nitrogens with two attached hydrogens (primary N) is 1. The summed E-state index contributed by atoms with van der Waals surface area (Å²) < 4.78 is 0. The quantitative estimate of drug-likeness (QED) is 0.592. The van der Waals surface area contributed by atoms with E-state index in [9.17, 15) is 4.79 Å². The molecule has 3 N–H and O–H groups in total. The van der Waals surface area contributed by atoms with Gasteiger partial charge in [-0.3, -0.25) is 9.79 Å². The molecule has 0 unspecified atom stereocenters. The second kappa shape index (κ2) is 10.3. The van der Waals surface area contributed by atoms with Gasteiger partial charge in [0.1, 0.15) is 6.07 Å². The van der Waals surface area contributed by atoms with Crippen LogP contribution in [0.25, 0.3) is 0 Å². The maximum atomic E-state index is 12.4. The molecule has 2 aromatic rings. The summed E-state index contributed by atoms with van der Waals surface area (Å²) in [5.74, 6) is -0.0142. The first-order chi connectivity index (χ1) is 14.9. The predicted octanol–water partition coefficient (Wildman–Crippen LogP) is 5.45. The van der Waals surface area contributed by atoms with E-state index in [1.807, 2.05) is 44.2 Å². The molecule has 1 aliphatic carbocycles. The molecule has 160 valence electrons. The molecule has 2 aromatic carbocycles. The number of carbonyl (C=O) groups is 1. The molecule has 31 heavy (non-hydrogen) atoms. The lowest BCUT2D eigenvalue weighted by molar-refractivity contribution is 0.0938. The fraction of sp³-hybridized carbons (Fsp3) is 0.320. The third-order valence-electron chi connectivity index (χ3n) is 5.57. The predicted molar refractivity (Wildman–Crippen MR) is 126 cm³/mol. The minimum atomic E-state index is -0.0142. The van der Waals surface area contributed by atoms with Crippen LogP contribution < -0.4 is 11.1 Å². The molecule has 5 nitrogen and oxygen atoms in total. The Kier molecular flexibility index (Phi) is 7.49. The number of nitriles is 1. The maximum Gasteiger partial charge on any atom is 0.251 e. The van der Waals surface area contributed by atoms with Crippen LogP contribution in [0, 0.1) is 11.3 Å². The first-order valence-corrected chi connectivity index (χ1v) is 10.9. The van der Waals surface area contributed by atoms with Crippen LogP contribution in [0.2, 0.25) is 5.02 Å². The van der Waals surface area contributed by atoms with Crippen molar-refractivity contribution < 1.29 is 4.79 Å². The zero-order chi connectivity index (χ0) is 22.4. The molecule has 0 atom stereocenters. The molecule has 0 aromatic heterocycles. The molecule has 0 saturated heterocycles. The Morgan fingerprint density at radius 1 is 1.19 bits per heavy atom. The van der Waals surface area contributed by atoms with Gasteiger partial charge in [-0.15, -0.1) is 0 Å². The number of aliphatic imine (C=N–C) groups is 1. The highest BCUT2D eigenvalue weighted by atomic mass is 35.5. The van der Waals surface area contributed by atoms with Crippen LogP contribution in [0.15, 0.2) is 58.7 Å². The normalized spacial score (nSPS) is 15.4. The molecule has 0 aliphatic heterocycles. The largest absolute Gasteiger partial charge is 0.402 e. The smallest absolute Gasteiger partial charge is 0.251 e. The number of rotatable bonds is 6. The Bertz CT molecular complexity index is 1050. The van der Waals surface area contributed by atoms with Gasteiger partial charge in [-0.1, -0.05) is 36.6 Å². The van der Waals surface area contributed by atoms with E-state index in [2.05, 4.69) is 10.3 Å². The first kappa shape index (κ1) is 22.6. The highest BCUT2D eigenvalue weighted by Gasteiger charge is 2.18. The van der Waals surface area contributed by atoms with Crippen molar-refractivity contribution in [1.82, 2.24) is 5.32 Å². The molecule has 6 heteroatoms. The van der Waals surface area contributed by atoms with Gasteiger partial charge in [0.05, 0.1) is 16.3 Å². The van der Waals surface area contributed by atoms with Crippen molar-refractivity contribution in [3.05, 3.63) is 75.4 Å². The Balaban J connectivity index is 1.72. The van der Waals surface area contributed by atoms with Crippen molar-refractivity contribution in [2.24, 2.45) is 10.7 Å². The van der Waals surface area contributed by atoms with Gasteiger partial charge in [0.25, 0.3) is 5.91 Å². The first-order valence-electron chi connectivity index (χ1n) is 10.5. The summed E-state index contributed by atoms with van der Waals surface area (Å²) in [7, 11) is 0. The second-order valence-electron chi connectivity index (χ2n) is 7.96. The number of hydrogen-bond donors (Lipinski definition) is 2. The Morgan fingerprint density at radius 2 is 1.87 bits per heavy atom. The van der Waals surface area contributed by atoms with E-state index in [1.54, 1.807) is 18.2 Å². The van der Waals surface area contributed by atoms with Crippen LogP contribution in [0.1, 0.15) is 61.0 Å². The van der Waals surface area contributed by atoms with Gasteiger partial charge in [0.15, 0.2) is 0 Å². The molecular weight excluding hydrogens is 408 g/mol. The van der Waals surface area contributed by atoms with Crippen molar-refractivity contribution in [3.8, 4) is 6.07 Å². The molecule has 0 heterocycles. The zero-order valence-electron chi connectivity index (χ0n) is 17.9. The van der Waals surface area contributed by atoms with Gasteiger partial charge in [0.2, 0.25) is 0 Å². The lowest BCUT2D eigenvalue weighted by atomic mass is 9.99. The summed E-state index contributed by atoms with van der Waals surface area (Å²) >= 11 is 6.12. The van der Waals surface area contributed by atoms with Crippen molar-refractivity contribution in [1.29, 1.82) is 5.26 Å². The average molecular weight is 435 g/mol. The summed E-state index contributed by atoms with van der Waals surface area (Å²) in [5, 5.41) is 12.5. The molecule has 1 fully saturated rings. The summed E-state index contributed by atoms with van der Waals surface area (Å²) in [4.78, 5) is 17.1. The van der Waals surface area contributed by atoms with E-state index < -0.39 is 0 Å². The van der Waals surface area contributed by atoms with Gasteiger partial charge >= 0.3 is 0 Å². The highest BCUT2D eigenvalue weighted by molar-refractivity contribution is 6.32. The second-order valence-corrected chi connectivity index (χ2v) is 8.37. The number of nitrogens with one attached hydrogen (secondary N) is 1. The number of nitrogens with zero attached hydrogens (tertiary/aromatic N) is 2. The summed E-state index contributed by atoms with van der Waals surface area (Å²) in [6.45, 7) is 3.75. The van der Waals surface area contributed by atoms with E-state index in [0.717, 1.165) is 29.7 Å². The van der Waals surface area contributed by atoms with Crippen molar-refractivity contribution in [2.45, 2.75) is 52.0 Å². The standard InChI is InChI=1S/C25H27ClN4O/c1-16(28)23(17(2)29-22-12-11-20(15-27)24(26)14-22)13-18-7-9-19(10-8-18)25(31)30-21-5-3-4-6-21/h7-12,14,21H,3-6,13,28H2,1-2H3,(H,30,31). The van der Waals surface area contributed by atoms with Gasteiger partial charge in [0, 0.05) is 29.4 Å². The fourth-order valence-electron chi connectivity index (χ4n) is 3.80. The van der Waals surface area contributed by atoms with E-state index in [4.69, 9.17) is 22.6 Å². The van der Waals surface area contributed by atoms with Crippen molar-refractivity contribution >= 4 is 28.9 Å². The lowest BCUT2D eigenvalue weighted by Crippen LogP contribution is -2.32. The summed E-state index contributed by atoms with van der Waals surface area (Å²) in [5.41, 5.74) is 11.3. The van der Waals surface area contributed by atoms with E-state index in [1.165, 1.54) is 12.8 Å². The Hall–Kier alpha value is -3.10. The number of benzene rings is 2. The molecule has 3 rings (SSSR count). The molecule has 1 saturated carbocycles. The molecule has 0 spiro atoms. The highest BCUT2D eigenvalue weighted by Crippen LogP contribution is 2.24. The molecule has 1 amide bonds. The van der Waals surface area contributed by atoms with Gasteiger partial charge in [-0.25, -0.2) is 0 Å². The van der Waals surface area contributed by atoms with Crippen molar-refractivity contribution in [2.75, 3.05) is 0 Å². The van der Waals surface area contributed by atoms with E-state index in [-0.39, 0.29) is 5.91 Å². The number of allylic oxidation sites excluding steroid dienone is 2. The Labute approximate surface area is 188 Å². The zero-order valence-corrected chi connectivity index (χ0v) is 18.7. The minimum Gasteiger partial charge on any atom is -0.402 e. The van der Waals surface area contributed by atoms with Gasteiger partial charge < -0.3 is 11.1 Å². The molecule has 0 radical (unpaired) electrons. The average Bonchev–Trinajstić information content (AvgIpc) is 3.25. The van der Waals surface area contributed by atoms with Crippen LogP contribution >= 0.6 is 11.6 Å². The number of amides is 1. The molecule has 0 bridgehead atoms. The van der Waals surface area contributed by atoms with Crippen LogP contribution in [-0.4, -0.2) is 17.7 Å². The van der Waals surface area contributed by atoms with Gasteiger partial charge in [-0.2, -0.15) is 5.26 Å². The SMILES string of the molecule is CC(=Nc1ccc(C#N)c(Cl)c1)C(Cc1ccc(C(=O)NC2CCCC2)cc1)=C(C)N. The number of carbonyl (C=O) groups excluding carboxylic acids is 1. The molecular formula is C25H27ClN4O. The third-order valence-corrected chi connectivity index (χ3v) is 5.88. The third kappa shape index (κ3) is 5.96. The van der Waals surface area contributed by atoms with E-state index >= 15 is 0 Å². The van der Waals surface area contributed by atoms with Crippen LogP contribution in [-0.2, 0) is 6.42 Å². The lowest BCUT2D eigenvalue weighted by Gasteiger charge is -2.13. The van der Waals surface area contributed by atoms with Crippen LogP contribution in [0.4, 0.5) is 5.69 Å². The van der Waals surface area contributed by atoms with Crippen LogP contribution in [0.5, 0.6) is 0 Å². The maximum absolute atomic E-state index is 12.4. The van der Waals surface area contributed by atoms with Crippen LogP contribution in [0.3, 0.4) is 0 Å². The number of hydrogen-bond acceptors (Lipinski definition) is 4. The number of halogens is 1. The minimum absolute atomic E-state index is 0.0142. The Morgan fingerprint density at radius 3 is 2.45 bits per heavy atom. The molecule has 1 aliphatic rings. The topological polar surface area (TPSA) is 91.3 Å².